The quantitative estimate of drug-likeness (QED) is 0.784. The standard InChI is InChI=1S/C20H25N5O3/c1-24(2)19(28)20(10-6-7-11-20)13-22-18(27)15-12-16(17(21)26)25(23-15)14-8-4-3-5-9-14/h3-5,8-9,12H,6-7,10-11,13H2,1-2H3,(H2,21,26)(H,22,27). The highest BCUT2D eigenvalue weighted by Crippen LogP contribution is 2.39. The first kappa shape index (κ1) is 19.6. The van der Waals surface area contributed by atoms with Gasteiger partial charge in [0, 0.05) is 26.7 Å². The van der Waals surface area contributed by atoms with E-state index in [1.165, 1.54) is 10.7 Å². The van der Waals surface area contributed by atoms with Crippen LogP contribution < -0.4 is 11.1 Å². The second-order valence-corrected chi connectivity index (χ2v) is 7.40. The normalized spacial score (nSPS) is 15.2. The molecule has 8 heteroatoms. The summed E-state index contributed by atoms with van der Waals surface area (Å²) in [5, 5.41) is 7.09. The van der Waals surface area contributed by atoms with E-state index in [1.807, 2.05) is 6.07 Å². The average Bonchev–Trinajstić information content (AvgIpc) is 3.34. The molecule has 0 unspecified atom stereocenters. The maximum atomic E-state index is 12.7. The van der Waals surface area contributed by atoms with Crippen LogP contribution in [0.4, 0.5) is 0 Å². The van der Waals surface area contributed by atoms with Gasteiger partial charge in [0.1, 0.15) is 5.69 Å². The Balaban J connectivity index is 1.81. The largest absolute Gasteiger partial charge is 0.364 e. The number of para-hydroxylation sites is 1. The number of carbonyl (C=O) groups excluding carboxylic acids is 3. The molecular formula is C20H25N5O3. The smallest absolute Gasteiger partial charge is 0.271 e. The van der Waals surface area contributed by atoms with E-state index < -0.39 is 17.2 Å². The molecule has 1 saturated carbocycles. The van der Waals surface area contributed by atoms with Crippen LogP contribution in [0.3, 0.4) is 0 Å². The SMILES string of the molecule is CN(C)C(=O)C1(CNC(=O)c2cc(C(N)=O)n(-c3ccccc3)n2)CCCC1. The Morgan fingerprint density at radius 3 is 2.39 bits per heavy atom. The molecule has 3 rings (SSSR count). The molecule has 2 aromatic rings. The van der Waals surface area contributed by atoms with E-state index in [-0.39, 0.29) is 23.8 Å². The lowest BCUT2D eigenvalue weighted by Gasteiger charge is -2.30. The van der Waals surface area contributed by atoms with Crippen molar-refractivity contribution in [1.82, 2.24) is 20.0 Å². The van der Waals surface area contributed by atoms with Crippen LogP contribution in [0, 0.1) is 5.41 Å². The predicted molar refractivity (Wildman–Crippen MR) is 104 cm³/mol. The molecule has 1 aliphatic carbocycles. The number of carbonyl (C=O) groups is 3. The van der Waals surface area contributed by atoms with Crippen molar-refractivity contribution in [3.8, 4) is 5.69 Å². The lowest BCUT2D eigenvalue weighted by molar-refractivity contribution is -0.138. The number of hydrogen-bond donors (Lipinski definition) is 2. The van der Waals surface area contributed by atoms with Crippen molar-refractivity contribution in [1.29, 1.82) is 0 Å². The fraction of sp³-hybridized carbons (Fsp3) is 0.400. The molecule has 1 heterocycles. The topological polar surface area (TPSA) is 110 Å². The van der Waals surface area contributed by atoms with Crippen LogP contribution in [0.5, 0.6) is 0 Å². The third-order valence-corrected chi connectivity index (χ3v) is 5.20. The minimum absolute atomic E-state index is 0.0259. The summed E-state index contributed by atoms with van der Waals surface area (Å²) in [4.78, 5) is 38.7. The molecule has 0 atom stereocenters. The molecule has 0 radical (unpaired) electrons. The molecule has 3 amide bonds. The number of benzene rings is 1. The van der Waals surface area contributed by atoms with Crippen molar-refractivity contribution in [2.75, 3.05) is 20.6 Å². The summed E-state index contributed by atoms with van der Waals surface area (Å²) in [6.45, 7) is 0.243. The highest BCUT2D eigenvalue weighted by Gasteiger charge is 2.42. The zero-order valence-corrected chi connectivity index (χ0v) is 16.1. The maximum Gasteiger partial charge on any atom is 0.271 e. The number of amides is 3. The van der Waals surface area contributed by atoms with E-state index >= 15 is 0 Å². The molecule has 1 fully saturated rings. The van der Waals surface area contributed by atoms with Crippen molar-refractivity contribution >= 4 is 17.7 Å². The fourth-order valence-corrected chi connectivity index (χ4v) is 3.77. The predicted octanol–water partition coefficient (Wildman–Crippen LogP) is 1.35. The molecule has 28 heavy (non-hydrogen) atoms. The van der Waals surface area contributed by atoms with Gasteiger partial charge in [-0.2, -0.15) is 5.10 Å². The Morgan fingerprint density at radius 1 is 1.18 bits per heavy atom. The Labute approximate surface area is 163 Å². The molecule has 0 bridgehead atoms. The molecule has 0 aliphatic heterocycles. The summed E-state index contributed by atoms with van der Waals surface area (Å²) >= 11 is 0. The molecule has 1 aliphatic rings. The van der Waals surface area contributed by atoms with Gasteiger partial charge >= 0.3 is 0 Å². The van der Waals surface area contributed by atoms with Crippen LogP contribution in [0.15, 0.2) is 36.4 Å². The van der Waals surface area contributed by atoms with Crippen LogP contribution in [-0.2, 0) is 4.79 Å². The summed E-state index contributed by atoms with van der Waals surface area (Å²) in [5.41, 5.74) is 5.71. The van der Waals surface area contributed by atoms with Crippen molar-refractivity contribution in [3.05, 3.63) is 47.8 Å². The Morgan fingerprint density at radius 2 is 1.82 bits per heavy atom. The first-order valence-corrected chi connectivity index (χ1v) is 9.29. The van der Waals surface area contributed by atoms with E-state index in [0.717, 1.165) is 25.7 Å². The number of aromatic nitrogens is 2. The number of nitrogens with zero attached hydrogens (tertiary/aromatic N) is 3. The van der Waals surface area contributed by atoms with E-state index in [2.05, 4.69) is 10.4 Å². The zero-order chi connectivity index (χ0) is 20.3. The van der Waals surface area contributed by atoms with Gasteiger partial charge in [-0.25, -0.2) is 4.68 Å². The summed E-state index contributed by atoms with van der Waals surface area (Å²) in [6.07, 6.45) is 3.42. The number of primary amides is 1. The minimum atomic E-state index is -0.676. The number of hydrogen-bond acceptors (Lipinski definition) is 4. The molecule has 0 spiro atoms. The summed E-state index contributed by atoms with van der Waals surface area (Å²) in [6, 6.07) is 10.4. The number of nitrogens with two attached hydrogens (primary N) is 1. The van der Waals surface area contributed by atoms with E-state index in [1.54, 1.807) is 43.3 Å². The highest BCUT2D eigenvalue weighted by atomic mass is 16.2. The van der Waals surface area contributed by atoms with Crippen LogP contribution in [0.1, 0.15) is 46.7 Å². The fourth-order valence-electron chi connectivity index (χ4n) is 3.77. The van der Waals surface area contributed by atoms with E-state index in [9.17, 15) is 14.4 Å². The van der Waals surface area contributed by atoms with Crippen molar-refractivity contribution in [2.45, 2.75) is 25.7 Å². The average molecular weight is 383 g/mol. The Kier molecular flexibility index (Phi) is 5.48. The highest BCUT2D eigenvalue weighted by molar-refractivity contribution is 5.98. The zero-order valence-electron chi connectivity index (χ0n) is 16.1. The van der Waals surface area contributed by atoms with Crippen LogP contribution in [0.2, 0.25) is 0 Å². The van der Waals surface area contributed by atoms with Crippen LogP contribution >= 0.6 is 0 Å². The second kappa shape index (κ2) is 7.84. The van der Waals surface area contributed by atoms with Crippen molar-refractivity contribution in [2.24, 2.45) is 11.1 Å². The van der Waals surface area contributed by atoms with Gasteiger partial charge in [-0.15, -0.1) is 0 Å². The molecule has 148 valence electrons. The third-order valence-electron chi connectivity index (χ3n) is 5.20. The van der Waals surface area contributed by atoms with E-state index in [4.69, 9.17) is 5.73 Å². The first-order chi connectivity index (χ1) is 13.3. The number of rotatable bonds is 6. The maximum absolute atomic E-state index is 12.7. The first-order valence-electron chi connectivity index (χ1n) is 9.29. The summed E-state index contributed by atoms with van der Waals surface area (Å²) < 4.78 is 1.35. The van der Waals surface area contributed by atoms with Gasteiger partial charge in [0.2, 0.25) is 5.91 Å². The molecule has 1 aromatic heterocycles. The lowest BCUT2D eigenvalue weighted by Crippen LogP contribution is -2.46. The van der Waals surface area contributed by atoms with Gasteiger partial charge in [-0.05, 0) is 25.0 Å². The van der Waals surface area contributed by atoms with Gasteiger partial charge in [-0.1, -0.05) is 31.0 Å². The Hall–Kier alpha value is -3.16. The van der Waals surface area contributed by atoms with Gasteiger partial charge in [0.15, 0.2) is 5.69 Å². The van der Waals surface area contributed by atoms with Gasteiger partial charge in [0.05, 0.1) is 11.1 Å². The lowest BCUT2D eigenvalue weighted by atomic mass is 9.84. The second-order valence-electron chi connectivity index (χ2n) is 7.40. The molecule has 0 saturated heterocycles. The van der Waals surface area contributed by atoms with Crippen LogP contribution in [-0.4, -0.2) is 53.0 Å². The van der Waals surface area contributed by atoms with Crippen LogP contribution in [0.25, 0.3) is 5.69 Å². The summed E-state index contributed by atoms with van der Waals surface area (Å²) in [5.74, 6) is -1.08. The monoisotopic (exact) mass is 383 g/mol. The molecule has 3 N–H and O–H groups in total. The van der Waals surface area contributed by atoms with E-state index in [0.29, 0.717) is 5.69 Å². The van der Waals surface area contributed by atoms with Gasteiger partial charge < -0.3 is 16.0 Å². The number of nitrogens with one attached hydrogen (secondary N) is 1. The van der Waals surface area contributed by atoms with Crippen molar-refractivity contribution < 1.29 is 14.4 Å². The van der Waals surface area contributed by atoms with Gasteiger partial charge in [-0.3, -0.25) is 14.4 Å². The van der Waals surface area contributed by atoms with Gasteiger partial charge in [0.25, 0.3) is 11.8 Å². The minimum Gasteiger partial charge on any atom is -0.364 e. The Bertz CT molecular complexity index is 883. The molecule has 8 nitrogen and oxygen atoms in total. The summed E-state index contributed by atoms with van der Waals surface area (Å²) in [7, 11) is 3.45. The molecular weight excluding hydrogens is 358 g/mol. The third kappa shape index (κ3) is 3.76. The molecule has 1 aromatic carbocycles. The van der Waals surface area contributed by atoms with Crippen molar-refractivity contribution in [3.63, 3.8) is 0 Å².